The molecule has 0 heterocycles. The second-order valence-electron chi connectivity index (χ2n) is 8.31. The van der Waals surface area contributed by atoms with E-state index in [2.05, 4.69) is 26.6 Å². The predicted octanol–water partition coefficient (Wildman–Crippen LogP) is 5.50. The number of carbonyl (C=O) groups excluding carboxylic acids is 2. The smallest absolute Gasteiger partial charge is 0.226 e. The zero-order valence-corrected chi connectivity index (χ0v) is 19.3. The summed E-state index contributed by atoms with van der Waals surface area (Å²) in [5, 5.41) is 5.67. The third-order valence-corrected chi connectivity index (χ3v) is 6.31. The fourth-order valence-electron chi connectivity index (χ4n) is 3.76. The van der Waals surface area contributed by atoms with Crippen molar-refractivity contribution >= 4 is 33.8 Å². The molecule has 0 aromatic heterocycles. The number of nitrogens with one attached hydrogen (secondary N) is 2. The van der Waals surface area contributed by atoms with Crippen molar-refractivity contribution in [2.45, 2.75) is 52.1 Å². The van der Waals surface area contributed by atoms with Gasteiger partial charge in [-0.3, -0.25) is 9.59 Å². The van der Waals surface area contributed by atoms with Crippen molar-refractivity contribution in [1.29, 1.82) is 0 Å². The van der Waals surface area contributed by atoms with E-state index in [1.54, 1.807) is 18.2 Å². The largest absolute Gasteiger partial charge is 0.352 e. The molecule has 2 N–H and O–H groups in total. The van der Waals surface area contributed by atoms with Crippen LogP contribution in [0.4, 0.5) is 4.39 Å². The van der Waals surface area contributed by atoms with Gasteiger partial charge in [0.15, 0.2) is 0 Å². The number of benzene rings is 2. The second kappa shape index (κ2) is 10.7. The highest BCUT2D eigenvalue weighted by molar-refractivity contribution is 9.10. The summed E-state index contributed by atoms with van der Waals surface area (Å²) in [6, 6.07) is 12.6. The van der Waals surface area contributed by atoms with Crippen LogP contribution < -0.4 is 10.6 Å². The van der Waals surface area contributed by atoms with E-state index < -0.39 is 0 Å². The maximum atomic E-state index is 14.4. The van der Waals surface area contributed by atoms with Gasteiger partial charge in [0.1, 0.15) is 5.82 Å². The molecule has 2 amide bonds. The molecule has 0 spiro atoms. The zero-order chi connectivity index (χ0) is 22.3. The SMILES string of the molecule is CC1(C(=O)NCc2ccc(CNC(=O)C/C=C/c3ccc(Br)cc3)c(F)c2)CCCC1. The van der Waals surface area contributed by atoms with E-state index in [4.69, 9.17) is 0 Å². The Kier molecular flexibility index (Phi) is 8.02. The van der Waals surface area contributed by atoms with Crippen molar-refractivity contribution in [3.63, 3.8) is 0 Å². The molecule has 0 radical (unpaired) electrons. The van der Waals surface area contributed by atoms with E-state index in [9.17, 15) is 14.0 Å². The second-order valence-corrected chi connectivity index (χ2v) is 9.23. The molecule has 3 rings (SSSR count). The summed E-state index contributed by atoms with van der Waals surface area (Å²) in [4.78, 5) is 24.4. The molecule has 0 unspecified atom stereocenters. The van der Waals surface area contributed by atoms with Gasteiger partial charge in [0.25, 0.3) is 0 Å². The monoisotopic (exact) mass is 486 g/mol. The quantitative estimate of drug-likeness (QED) is 0.517. The Morgan fingerprint density at radius 1 is 1.06 bits per heavy atom. The third-order valence-electron chi connectivity index (χ3n) is 5.79. The molecule has 0 atom stereocenters. The van der Waals surface area contributed by atoms with Crippen molar-refractivity contribution in [3.05, 3.63) is 75.5 Å². The van der Waals surface area contributed by atoms with E-state index in [0.29, 0.717) is 17.7 Å². The van der Waals surface area contributed by atoms with Crippen LogP contribution in [0.3, 0.4) is 0 Å². The van der Waals surface area contributed by atoms with Crippen molar-refractivity contribution in [3.8, 4) is 0 Å². The lowest BCUT2D eigenvalue weighted by molar-refractivity contribution is -0.130. The first-order chi connectivity index (χ1) is 14.9. The molecule has 2 aromatic carbocycles. The van der Waals surface area contributed by atoms with E-state index in [1.165, 1.54) is 6.07 Å². The van der Waals surface area contributed by atoms with Crippen LogP contribution in [0.25, 0.3) is 6.08 Å². The van der Waals surface area contributed by atoms with Crippen LogP contribution >= 0.6 is 15.9 Å². The standard InChI is InChI=1S/C25H28BrFN2O2/c1-25(13-2-3-14-25)24(31)29-16-19-7-10-20(22(27)15-19)17-28-23(30)6-4-5-18-8-11-21(26)12-9-18/h4-5,7-12,15H,2-3,6,13-14,16-17H2,1H3,(H,28,30)(H,29,31)/b5-4+. The molecule has 0 bridgehead atoms. The maximum Gasteiger partial charge on any atom is 0.226 e. The van der Waals surface area contributed by atoms with Crippen molar-refractivity contribution in [1.82, 2.24) is 10.6 Å². The minimum atomic E-state index is -0.385. The molecule has 2 aromatic rings. The Hall–Kier alpha value is -2.47. The van der Waals surface area contributed by atoms with Gasteiger partial charge in [-0.05, 0) is 42.2 Å². The summed E-state index contributed by atoms with van der Waals surface area (Å²) < 4.78 is 15.4. The van der Waals surface area contributed by atoms with Crippen LogP contribution in [0, 0.1) is 11.2 Å². The summed E-state index contributed by atoms with van der Waals surface area (Å²) >= 11 is 3.38. The van der Waals surface area contributed by atoms with Crippen LogP contribution in [0.1, 0.15) is 55.7 Å². The Morgan fingerprint density at radius 2 is 1.77 bits per heavy atom. The van der Waals surface area contributed by atoms with E-state index in [-0.39, 0.29) is 36.0 Å². The van der Waals surface area contributed by atoms with E-state index in [0.717, 1.165) is 35.7 Å². The lowest BCUT2D eigenvalue weighted by atomic mass is 9.88. The molecule has 6 heteroatoms. The molecular weight excluding hydrogens is 459 g/mol. The van der Waals surface area contributed by atoms with E-state index in [1.807, 2.05) is 37.3 Å². The lowest BCUT2D eigenvalue weighted by Crippen LogP contribution is -2.36. The zero-order valence-electron chi connectivity index (χ0n) is 17.7. The molecule has 0 aliphatic heterocycles. The maximum absolute atomic E-state index is 14.4. The molecule has 1 aliphatic carbocycles. The molecule has 31 heavy (non-hydrogen) atoms. The molecule has 164 valence electrons. The summed E-state index contributed by atoms with van der Waals surface area (Å²) in [6.07, 6.45) is 7.86. The molecule has 1 saturated carbocycles. The lowest BCUT2D eigenvalue weighted by Gasteiger charge is -2.22. The Bertz CT molecular complexity index is 950. The van der Waals surface area contributed by atoms with Gasteiger partial charge in [-0.2, -0.15) is 0 Å². The number of amides is 2. The first kappa shape index (κ1) is 23.2. The number of rotatable bonds is 8. The molecule has 1 fully saturated rings. The van der Waals surface area contributed by atoms with Crippen LogP contribution in [0.2, 0.25) is 0 Å². The number of carbonyl (C=O) groups is 2. The van der Waals surface area contributed by atoms with E-state index >= 15 is 0 Å². The molecule has 1 aliphatic rings. The van der Waals surface area contributed by atoms with Gasteiger partial charge in [-0.15, -0.1) is 0 Å². The van der Waals surface area contributed by atoms with Crippen molar-refractivity contribution < 1.29 is 14.0 Å². The fourth-order valence-corrected chi connectivity index (χ4v) is 4.03. The molecule has 4 nitrogen and oxygen atoms in total. The topological polar surface area (TPSA) is 58.2 Å². The van der Waals surface area contributed by atoms with Gasteiger partial charge in [-0.25, -0.2) is 4.39 Å². The minimum absolute atomic E-state index is 0.0398. The van der Waals surface area contributed by atoms with Crippen LogP contribution in [0.15, 0.2) is 53.0 Å². The fraction of sp³-hybridized carbons (Fsp3) is 0.360. The van der Waals surface area contributed by atoms with Gasteiger partial charge in [-0.1, -0.05) is 72.1 Å². The first-order valence-electron chi connectivity index (χ1n) is 10.6. The summed E-state index contributed by atoms with van der Waals surface area (Å²) in [5.74, 6) is -0.517. The average molecular weight is 487 g/mol. The first-order valence-corrected chi connectivity index (χ1v) is 11.4. The highest BCUT2D eigenvalue weighted by atomic mass is 79.9. The predicted molar refractivity (Wildman–Crippen MR) is 124 cm³/mol. The minimum Gasteiger partial charge on any atom is -0.352 e. The number of halogens is 2. The Balaban J connectivity index is 1.44. The van der Waals surface area contributed by atoms with Gasteiger partial charge in [0.05, 0.1) is 0 Å². The third kappa shape index (κ3) is 6.76. The van der Waals surface area contributed by atoms with Crippen molar-refractivity contribution in [2.75, 3.05) is 0 Å². The Labute approximate surface area is 191 Å². The average Bonchev–Trinajstić information content (AvgIpc) is 3.20. The van der Waals surface area contributed by atoms with Crippen LogP contribution in [-0.2, 0) is 22.7 Å². The number of hydrogen-bond donors (Lipinski definition) is 2. The highest BCUT2D eigenvalue weighted by Gasteiger charge is 2.35. The normalized spacial score (nSPS) is 15.2. The van der Waals surface area contributed by atoms with Gasteiger partial charge >= 0.3 is 0 Å². The summed E-state index contributed by atoms with van der Waals surface area (Å²) in [6.45, 7) is 2.43. The molecular formula is C25H28BrFN2O2. The van der Waals surface area contributed by atoms with Gasteiger partial charge in [0, 0.05) is 35.0 Å². The van der Waals surface area contributed by atoms with Crippen LogP contribution in [0.5, 0.6) is 0 Å². The Morgan fingerprint density at radius 3 is 2.45 bits per heavy atom. The van der Waals surface area contributed by atoms with Gasteiger partial charge in [0.2, 0.25) is 11.8 Å². The molecule has 0 saturated heterocycles. The van der Waals surface area contributed by atoms with Crippen molar-refractivity contribution in [2.24, 2.45) is 5.41 Å². The van der Waals surface area contributed by atoms with Crippen LogP contribution in [-0.4, -0.2) is 11.8 Å². The summed E-state index contributed by atoms with van der Waals surface area (Å²) in [5.41, 5.74) is 1.84. The van der Waals surface area contributed by atoms with Gasteiger partial charge < -0.3 is 10.6 Å². The highest BCUT2D eigenvalue weighted by Crippen LogP contribution is 2.37. The summed E-state index contributed by atoms with van der Waals surface area (Å²) in [7, 11) is 0. The number of hydrogen-bond acceptors (Lipinski definition) is 2.